The zero-order valence-electron chi connectivity index (χ0n) is 11.2. The number of nitrogens with one attached hydrogen (secondary N) is 1. The predicted molar refractivity (Wildman–Crippen MR) is 72.9 cm³/mol. The number of methoxy groups -OCH3 is 1. The number of aromatic nitrogens is 2. The normalized spacial score (nSPS) is 10.3. The van der Waals surface area contributed by atoms with Gasteiger partial charge in [0.2, 0.25) is 0 Å². The average Bonchev–Trinajstić information content (AvgIpc) is 2.46. The first-order chi connectivity index (χ1) is 9.17. The molecule has 0 unspecified atom stereocenters. The van der Waals surface area contributed by atoms with E-state index >= 15 is 0 Å². The van der Waals surface area contributed by atoms with E-state index in [0.29, 0.717) is 11.3 Å². The molecular formula is C14H16FN3O. The highest BCUT2D eigenvalue weighted by atomic mass is 19.1. The molecule has 0 saturated heterocycles. The molecule has 2 rings (SSSR count). The molecule has 1 heterocycles. The molecule has 0 aliphatic rings. The molecule has 0 bridgehead atoms. The Labute approximate surface area is 111 Å². The highest BCUT2D eigenvalue weighted by molar-refractivity contribution is 5.63. The molecule has 0 fully saturated rings. The van der Waals surface area contributed by atoms with Crippen LogP contribution >= 0.6 is 0 Å². The Morgan fingerprint density at radius 1 is 1.26 bits per heavy atom. The summed E-state index contributed by atoms with van der Waals surface area (Å²) >= 11 is 0. The first-order valence-electron chi connectivity index (χ1n) is 6.07. The topological polar surface area (TPSA) is 47.0 Å². The van der Waals surface area contributed by atoms with Gasteiger partial charge in [0.25, 0.3) is 0 Å². The lowest BCUT2D eigenvalue weighted by atomic mass is 10.1. The highest BCUT2D eigenvalue weighted by Gasteiger charge is 2.08. The molecule has 0 aliphatic heterocycles. The van der Waals surface area contributed by atoms with Crippen molar-refractivity contribution in [2.24, 2.45) is 0 Å². The van der Waals surface area contributed by atoms with Gasteiger partial charge in [-0.05, 0) is 18.2 Å². The third-order valence-corrected chi connectivity index (χ3v) is 2.79. The summed E-state index contributed by atoms with van der Waals surface area (Å²) in [5.41, 5.74) is 1.39. The van der Waals surface area contributed by atoms with Crippen molar-refractivity contribution < 1.29 is 9.13 Å². The summed E-state index contributed by atoms with van der Waals surface area (Å²) in [6, 6.07) is 6.58. The molecule has 1 aromatic carbocycles. The monoisotopic (exact) mass is 261 g/mol. The number of anilines is 1. The van der Waals surface area contributed by atoms with Crippen molar-refractivity contribution in [1.29, 1.82) is 0 Å². The smallest absolute Gasteiger partial charge is 0.165 e. The van der Waals surface area contributed by atoms with Crippen molar-refractivity contribution in [3.05, 3.63) is 35.9 Å². The van der Waals surface area contributed by atoms with Crippen LogP contribution in [0.25, 0.3) is 11.3 Å². The van der Waals surface area contributed by atoms with Crippen molar-refractivity contribution in [1.82, 2.24) is 9.97 Å². The van der Waals surface area contributed by atoms with Crippen LogP contribution in [-0.2, 0) is 6.42 Å². The second-order valence-corrected chi connectivity index (χ2v) is 4.01. The molecule has 0 atom stereocenters. The molecular weight excluding hydrogens is 245 g/mol. The predicted octanol–water partition coefficient (Wildman–Crippen LogP) is 2.90. The molecule has 0 spiro atoms. The zero-order chi connectivity index (χ0) is 13.8. The van der Waals surface area contributed by atoms with Crippen LogP contribution in [0.5, 0.6) is 5.75 Å². The fourth-order valence-electron chi connectivity index (χ4n) is 1.76. The summed E-state index contributed by atoms with van der Waals surface area (Å²) in [4.78, 5) is 8.72. The number of hydrogen-bond donors (Lipinski definition) is 1. The van der Waals surface area contributed by atoms with Gasteiger partial charge >= 0.3 is 0 Å². The van der Waals surface area contributed by atoms with Crippen LogP contribution in [0.1, 0.15) is 12.7 Å². The van der Waals surface area contributed by atoms with Crippen molar-refractivity contribution in [3.8, 4) is 17.0 Å². The molecule has 0 aliphatic carbocycles. The van der Waals surface area contributed by atoms with Crippen molar-refractivity contribution in [3.63, 3.8) is 0 Å². The van der Waals surface area contributed by atoms with Crippen LogP contribution in [0, 0.1) is 5.82 Å². The lowest BCUT2D eigenvalue weighted by Crippen LogP contribution is -2.01. The van der Waals surface area contributed by atoms with Crippen LogP contribution in [0.2, 0.25) is 0 Å². The Morgan fingerprint density at radius 3 is 2.63 bits per heavy atom. The second kappa shape index (κ2) is 5.65. The molecule has 5 heteroatoms. The summed E-state index contributed by atoms with van der Waals surface area (Å²) in [6.45, 7) is 1.98. The van der Waals surface area contributed by atoms with E-state index in [1.54, 1.807) is 25.2 Å². The number of benzene rings is 1. The van der Waals surface area contributed by atoms with Gasteiger partial charge in [0.15, 0.2) is 11.6 Å². The van der Waals surface area contributed by atoms with Crippen LogP contribution < -0.4 is 10.1 Å². The number of hydrogen-bond acceptors (Lipinski definition) is 4. The molecule has 0 saturated carbocycles. The first kappa shape index (κ1) is 13.3. The fourth-order valence-corrected chi connectivity index (χ4v) is 1.76. The molecule has 0 amide bonds. The first-order valence-corrected chi connectivity index (χ1v) is 6.07. The van der Waals surface area contributed by atoms with E-state index in [9.17, 15) is 4.39 Å². The molecule has 1 N–H and O–H groups in total. The van der Waals surface area contributed by atoms with Crippen molar-refractivity contribution in [2.45, 2.75) is 13.3 Å². The minimum Gasteiger partial charge on any atom is -0.494 e. The maximum absolute atomic E-state index is 13.7. The van der Waals surface area contributed by atoms with Gasteiger partial charge < -0.3 is 10.1 Å². The minimum atomic E-state index is -0.400. The summed E-state index contributed by atoms with van der Waals surface area (Å²) in [5.74, 6) is 1.26. The van der Waals surface area contributed by atoms with Gasteiger partial charge in [-0.3, -0.25) is 0 Å². The Balaban J connectivity index is 2.48. The van der Waals surface area contributed by atoms with Gasteiger partial charge in [-0.2, -0.15) is 0 Å². The zero-order valence-corrected chi connectivity index (χ0v) is 11.2. The SMILES string of the molecule is CCc1nc(NC)cc(-c2ccc(OC)c(F)c2)n1. The Hall–Kier alpha value is -2.17. The third kappa shape index (κ3) is 2.81. The maximum Gasteiger partial charge on any atom is 0.165 e. The molecule has 1 aromatic heterocycles. The number of rotatable bonds is 4. The Bertz CT molecular complexity index is 565. The molecule has 4 nitrogen and oxygen atoms in total. The van der Waals surface area contributed by atoms with E-state index in [-0.39, 0.29) is 5.75 Å². The van der Waals surface area contributed by atoms with E-state index in [4.69, 9.17) is 4.74 Å². The van der Waals surface area contributed by atoms with E-state index in [1.165, 1.54) is 13.2 Å². The molecule has 19 heavy (non-hydrogen) atoms. The molecule has 100 valence electrons. The van der Waals surface area contributed by atoms with Gasteiger partial charge in [-0.1, -0.05) is 6.92 Å². The van der Waals surface area contributed by atoms with E-state index < -0.39 is 5.82 Å². The van der Waals surface area contributed by atoms with Gasteiger partial charge in [0.05, 0.1) is 12.8 Å². The van der Waals surface area contributed by atoms with Crippen LogP contribution in [0.4, 0.5) is 10.2 Å². The van der Waals surface area contributed by atoms with Gasteiger partial charge in [-0.25, -0.2) is 14.4 Å². The summed E-state index contributed by atoms with van der Waals surface area (Å²) in [5, 5.41) is 2.98. The maximum atomic E-state index is 13.7. The van der Waals surface area contributed by atoms with Gasteiger partial charge in [0.1, 0.15) is 11.6 Å². The van der Waals surface area contributed by atoms with Crippen molar-refractivity contribution in [2.75, 3.05) is 19.5 Å². The largest absolute Gasteiger partial charge is 0.494 e. The molecule has 2 aromatic rings. The summed E-state index contributed by atoms with van der Waals surface area (Å²) in [7, 11) is 3.23. The average molecular weight is 261 g/mol. The quantitative estimate of drug-likeness (QED) is 0.919. The standard InChI is InChI=1S/C14H16FN3O/c1-4-13-17-11(8-14(16-2)18-13)9-5-6-12(19-3)10(15)7-9/h5-8H,4H2,1-3H3,(H,16,17,18). The van der Waals surface area contributed by atoms with Crippen LogP contribution in [0.15, 0.2) is 24.3 Å². The van der Waals surface area contributed by atoms with Crippen LogP contribution in [-0.4, -0.2) is 24.1 Å². The number of halogens is 1. The molecule has 0 radical (unpaired) electrons. The van der Waals surface area contributed by atoms with E-state index in [0.717, 1.165) is 18.1 Å². The summed E-state index contributed by atoms with van der Waals surface area (Å²) in [6.07, 6.45) is 0.723. The fraction of sp³-hybridized carbons (Fsp3) is 0.286. The van der Waals surface area contributed by atoms with E-state index in [1.807, 2.05) is 6.92 Å². The number of aryl methyl sites for hydroxylation is 1. The summed E-state index contributed by atoms with van der Waals surface area (Å²) < 4.78 is 18.6. The van der Waals surface area contributed by atoms with E-state index in [2.05, 4.69) is 15.3 Å². The second-order valence-electron chi connectivity index (χ2n) is 4.01. The minimum absolute atomic E-state index is 0.224. The Morgan fingerprint density at radius 2 is 2.05 bits per heavy atom. The lowest BCUT2D eigenvalue weighted by molar-refractivity contribution is 0.386. The highest BCUT2D eigenvalue weighted by Crippen LogP contribution is 2.25. The van der Waals surface area contributed by atoms with Gasteiger partial charge in [-0.15, -0.1) is 0 Å². The Kier molecular flexibility index (Phi) is 3.94. The number of ether oxygens (including phenoxy) is 1. The lowest BCUT2D eigenvalue weighted by Gasteiger charge is -2.08. The number of nitrogens with zero attached hydrogens (tertiary/aromatic N) is 2. The third-order valence-electron chi connectivity index (χ3n) is 2.79. The van der Waals surface area contributed by atoms with Crippen molar-refractivity contribution >= 4 is 5.82 Å². The van der Waals surface area contributed by atoms with Crippen LogP contribution in [0.3, 0.4) is 0 Å². The van der Waals surface area contributed by atoms with Gasteiger partial charge in [0, 0.05) is 25.1 Å².